The zero-order chi connectivity index (χ0) is 20.0. The number of nitrogens with one attached hydrogen (secondary N) is 3. The summed E-state index contributed by atoms with van der Waals surface area (Å²) in [5.41, 5.74) is 9.80. The number of nitrogens with zero attached hydrogens (tertiary/aromatic N) is 2. The van der Waals surface area contributed by atoms with Gasteiger partial charge < -0.3 is 21.8 Å². The lowest BCUT2D eigenvalue weighted by atomic mass is 9.91. The van der Waals surface area contributed by atoms with Crippen LogP contribution < -0.4 is 27.6 Å². The lowest BCUT2D eigenvalue weighted by molar-refractivity contribution is -0.114. The Balaban J connectivity index is 2.26. The van der Waals surface area contributed by atoms with E-state index in [1.165, 1.54) is 0 Å². The zero-order valence-corrected chi connectivity index (χ0v) is 15.8. The number of likely N-dealkylation sites (N-methyl/N-ethyl adjacent to an activating group) is 1. The molecule has 1 heterocycles. The Labute approximate surface area is 158 Å². The predicted molar refractivity (Wildman–Crippen MR) is 100 cm³/mol. The molecule has 10 heteroatoms. The normalized spacial score (nSPS) is 21.0. The molecular formula is C17H29F2N7O. The van der Waals surface area contributed by atoms with E-state index < -0.39 is 11.8 Å². The van der Waals surface area contributed by atoms with Gasteiger partial charge >= 0.3 is 0 Å². The van der Waals surface area contributed by atoms with E-state index in [1.54, 1.807) is 18.1 Å². The second kappa shape index (κ2) is 9.14. The maximum atomic E-state index is 13.5. The van der Waals surface area contributed by atoms with Gasteiger partial charge in [-0.3, -0.25) is 9.80 Å². The van der Waals surface area contributed by atoms with Crippen molar-refractivity contribution in [2.24, 2.45) is 16.7 Å². The standard InChI is InChI=1S/C17H29F2N7O/c1-3-4-14(24-21)23-16(27)15-12(9-20)13(22-2)10-26(25-15)11-5-7-17(18,19)8-6-11/h4,11,22,24H,3,5-10,20-21H2,1-2H3,(H,23,27)/b14-4-. The van der Waals surface area contributed by atoms with Crippen LogP contribution in [0.15, 0.2) is 28.3 Å². The van der Waals surface area contributed by atoms with Crippen molar-refractivity contribution in [1.29, 1.82) is 0 Å². The molecule has 0 spiro atoms. The highest BCUT2D eigenvalue weighted by molar-refractivity contribution is 6.46. The minimum atomic E-state index is -2.62. The van der Waals surface area contributed by atoms with E-state index in [4.69, 9.17) is 11.6 Å². The van der Waals surface area contributed by atoms with Gasteiger partial charge in [0.2, 0.25) is 5.92 Å². The number of carbonyl (C=O) groups is 1. The number of hydrogen-bond donors (Lipinski definition) is 5. The number of hydrazone groups is 1. The zero-order valence-electron chi connectivity index (χ0n) is 15.8. The molecule has 0 aromatic carbocycles. The van der Waals surface area contributed by atoms with Gasteiger partial charge in [0.15, 0.2) is 5.71 Å². The summed E-state index contributed by atoms with van der Waals surface area (Å²) in [4.78, 5) is 12.8. The van der Waals surface area contributed by atoms with E-state index in [9.17, 15) is 13.6 Å². The van der Waals surface area contributed by atoms with Gasteiger partial charge in [-0.1, -0.05) is 6.92 Å². The number of hydrazine groups is 1. The van der Waals surface area contributed by atoms with Gasteiger partial charge in [-0.25, -0.2) is 14.6 Å². The minimum absolute atomic E-state index is 0.127. The lowest BCUT2D eigenvalue weighted by Crippen LogP contribution is -2.47. The molecule has 152 valence electrons. The summed E-state index contributed by atoms with van der Waals surface area (Å²) in [7, 11) is 1.74. The third-order valence-electron chi connectivity index (χ3n) is 4.84. The average molecular weight is 385 g/mol. The van der Waals surface area contributed by atoms with Crippen LogP contribution in [-0.2, 0) is 4.79 Å². The smallest absolute Gasteiger partial charge is 0.277 e. The van der Waals surface area contributed by atoms with Crippen molar-refractivity contribution in [3.8, 4) is 0 Å². The summed E-state index contributed by atoms with van der Waals surface area (Å²) >= 11 is 0. The highest BCUT2D eigenvalue weighted by atomic mass is 19.3. The molecule has 7 N–H and O–H groups in total. The van der Waals surface area contributed by atoms with E-state index in [-0.39, 0.29) is 31.1 Å². The molecule has 1 saturated carbocycles. The van der Waals surface area contributed by atoms with E-state index in [0.717, 1.165) is 5.70 Å². The number of nitrogens with two attached hydrogens (primary N) is 2. The van der Waals surface area contributed by atoms with Crippen molar-refractivity contribution in [3.63, 3.8) is 0 Å². The Morgan fingerprint density at radius 2 is 2.07 bits per heavy atom. The van der Waals surface area contributed by atoms with Crippen LogP contribution in [0.25, 0.3) is 0 Å². The van der Waals surface area contributed by atoms with Gasteiger partial charge in [0.05, 0.1) is 6.54 Å². The van der Waals surface area contributed by atoms with Crippen molar-refractivity contribution in [2.45, 2.75) is 51.0 Å². The molecule has 8 nitrogen and oxygen atoms in total. The third-order valence-corrected chi connectivity index (χ3v) is 4.84. The molecule has 1 aliphatic carbocycles. The molecule has 1 amide bonds. The van der Waals surface area contributed by atoms with Gasteiger partial charge in [0, 0.05) is 43.7 Å². The first-order valence-corrected chi connectivity index (χ1v) is 9.16. The van der Waals surface area contributed by atoms with Crippen LogP contribution in [-0.4, -0.2) is 48.7 Å². The summed E-state index contributed by atoms with van der Waals surface area (Å²) in [6.45, 7) is 2.44. The number of hydrogen-bond acceptors (Lipinski definition) is 7. The highest BCUT2D eigenvalue weighted by Gasteiger charge is 2.38. The van der Waals surface area contributed by atoms with Crippen LogP contribution in [0, 0.1) is 0 Å². The van der Waals surface area contributed by atoms with Gasteiger partial charge in [-0.15, -0.1) is 0 Å². The molecule has 2 rings (SSSR count). The van der Waals surface area contributed by atoms with E-state index in [1.807, 2.05) is 6.92 Å². The first-order valence-electron chi connectivity index (χ1n) is 9.16. The summed E-state index contributed by atoms with van der Waals surface area (Å²) in [6, 6.07) is -0.145. The Kier molecular flexibility index (Phi) is 7.14. The molecule has 1 fully saturated rings. The van der Waals surface area contributed by atoms with E-state index in [0.29, 0.717) is 37.2 Å². The van der Waals surface area contributed by atoms with Crippen LogP contribution in [0.4, 0.5) is 8.78 Å². The number of alkyl halides is 2. The molecule has 0 atom stereocenters. The number of carbonyl (C=O) groups excluding carboxylic acids is 1. The predicted octanol–water partition coefficient (Wildman–Crippen LogP) is 0.499. The fraction of sp³-hybridized carbons (Fsp3) is 0.647. The molecule has 2 aliphatic rings. The second-order valence-corrected chi connectivity index (χ2v) is 6.67. The van der Waals surface area contributed by atoms with Crippen molar-refractivity contribution in [3.05, 3.63) is 23.2 Å². The first-order chi connectivity index (χ1) is 12.8. The number of allylic oxidation sites excluding steroid dienone is 1. The molecule has 0 saturated heterocycles. The largest absolute Gasteiger partial charge is 0.390 e. The average Bonchev–Trinajstić information content (AvgIpc) is 2.66. The minimum Gasteiger partial charge on any atom is -0.390 e. The van der Waals surface area contributed by atoms with Gasteiger partial charge in [-0.05, 0) is 25.3 Å². The lowest BCUT2D eigenvalue weighted by Gasteiger charge is -2.38. The van der Waals surface area contributed by atoms with Crippen molar-refractivity contribution < 1.29 is 13.6 Å². The molecule has 1 aliphatic heterocycles. The number of amides is 1. The van der Waals surface area contributed by atoms with Gasteiger partial charge in [0.1, 0.15) is 5.82 Å². The van der Waals surface area contributed by atoms with Crippen molar-refractivity contribution >= 4 is 11.6 Å². The Bertz CT molecular complexity index is 635. The fourth-order valence-corrected chi connectivity index (χ4v) is 3.32. The molecule has 0 bridgehead atoms. The maximum absolute atomic E-state index is 13.5. The Hall–Kier alpha value is -2.20. The molecular weight excluding hydrogens is 356 g/mol. The highest BCUT2D eigenvalue weighted by Crippen LogP contribution is 2.36. The van der Waals surface area contributed by atoms with Gasteiger partial charge in [0.25, 0.3) is 5.91 Å². The van der Waals surface area contributed by atoms with Crippen LogP contribution in [0.3, 0.4) is 0 Å². The van der Waals surface area contributed by atoms with Crippen molar-refractivity contribution in [2.75, 3.05) is 20.1 Å². The van der Waals surface area contributed by atoms with E-state index >= 15 is 0 Å². The summed E-state index contributed by atoms with van der Waals surface area (Å²) in [5, 5.41) is 11.9. The van der Waals surface area contributed by atoms with E-state index in [2.05, 4.69) is 21.2 Å². The van der Waals surface area contributed by atoms with Crippen LogP contribution in [0.5, 0.6) is 0 Å². The first kappa shape index (κ1) is 21.1. The third kappa shape index (κ3) is 5.16. The topological polar surface area (TPSA) is 121 Å². The number of halogens is 2. The fourth-order valence-electron chi connectivity index (χ4n) is 3.32. The molecule has 0 aromatic rings. The Morgan fingerprint density at radius 1 is 1.41 bits per heavy atom. The van der Waals surface area contributed by atoms with Crippen LogP contribution in [0.1, 0.15) is 39.0 Å². The van der Waals surface area contributed by atoms with Crippen LogP contribution in [0.2, 0.25) is 0 Å². The monoisotopic (exact) mass is 385 g/mol. The second-order valence-electron chi connectivity index (χ2n) is 6.67. The maximum Gasteiger partial charge on any atom is 0.277 e. The molecule has 27 heavy (non-hydrogen) atoms. The summed E-state index contributed by atoms with van der Waals surface area (Å²) in [6.07, 6.45) is 2.71. The summed E-state index contributed by atoms with van der Waals surface area (Å²) < 4.78 is 27.0. The van der Waals surface area contributed by atoms with Crippen LogP contribution >= 0.6 is 0 Å². The summed E-state index contributed by atoms with van der Waals surface area (Å²) in [5.74, 6) is 2.72. The quantitative estimate of drug-likeness (QED) is 0.321. The Morgan fingerprint density at radius 3 is 2.59 bits per heavy atom. The molecule has 0 aromatic heterocycles. The number of rotatable bonds is 7. The molecule has 0 radical (unpaired) electrons. The molecule has 0 unspecified atom stereocenters. The van der Waals surface area contributed by atoms with Gasteiger partial charge in [-0.2, -0.15) is 5.10 Å². The van der Waals surface area contributed by atoms with Crippen molar-refractivity contribution in [1.82, 2.24) is 21.1 Å². The SMILES string of the molecule is CC/C=C(\NN)NC(=O)C1=NN(C2CCC(F)(F)CC2)CC(NC)=C1CN.